The first-order valence-electron chi connectivity index (χ1n) is 11.3. The fourth-order valence-electron chi connectivity index (χ4n) is 4.97. The molecule has 2 aliphatic heterocycles. The van der Waals surface area contributed by atoms with Gasteiger partial charge in [0.25, 0.3) is 0 Å². The molecule has 4 atom stereocenters. The Morgan fingerprint density at radius 3 is 2.63 bits per heavy atom. The van der Waals surface area contributed by atoms with Gasteiger partial charge in [-0.25, -0.2) is 4.39 Å². The maximum atomic E-state index is 13.5. The fourth-order valence-corrected chi connectivity index (χ4v) is 4.97. The Morgan fingerprint density at radius 2 is 1.93 bits per heavy atom. The highest BCUT2D eigenvalue weighted by Crippen LogP contribution is 2.50. The largest absolute Gasteiger partial charge is 0.395 e. The van der Waals surface area contributed by atoms with Crippen LogP contribution in [0.2, 0.25) is 0 Å². The minimum absolute atomic E-state index is 0.0226. The van der Waals surface area contributed by atoms with Crippen molar-refractivity contribution in [1.82, 2.24) is 4.90 Å². The van der Waals surface area contributed by atoms with Crippen molar-refractivity contribution in [1.29, 1.82) is 0 Å². The van der Waals surface area contributed by atoms with E-state index in [9.17, 15) is 9.50 Å². The second kappa shape index (κ2) is 9.46. The molecule has 0 saturated carbocycles. The van der Waals surface area contributed by atoms with E-state index in [4.69, 9.17) is 4.74 Å². The van der Waals surface area contributed by atoms with Crippen LogP contribution in [0.25, 0.3) is 0 Å². The maximum Gasteiger partial charge on any atom is 0.123 e. The first-order chi connectivity index (χ1) is 14.6. The van der Waals surface area contributed by atoms with Crippen molar-refractivity contribution in [2.24, 2.45) is 5.92 Å². The summed E-state index contributed by atoms with van der Waals surface area (Å²) in [5.41, 5.74) is 4.78. The summed E-state index contributed by atoms with van der Waals surface area (Å²) >= 11 is 0. The number of likely N-dealkylation sites (N-methyl/N-ethyl adjacent to an activating group) is 1. The fraction of sp³-hybridized carbons (Fsp3) is 0.520. The lowest BCUT2D eigenvalue weighted by molar-refractivity contribution is -0.103. The molecule has 0 aliphatic carbocycles. The zero-order valence-corrected chi connectivity index (χ0v) is 18.0. The second-order valence-electron chi connectivity index (χ2n) is 8.49. The molecule has 5 heteroatoms. The molecule has 162 valence electrons. The summed E-state index contributed by atoms with van der Waals surface area (Å²) in [6.45, 7) is 6.91. The number of aliphatic hydroxyl groups is 1. The van der Waals surface area contributed by atoms with Gasteiger partial charge in [0.05, 0.1) is 24.9 Å². The van der Waals surface area contributed by atoms with Crippen LogP contribution in [0.1, 0.15) is 55.5 Å². The molecule has 4 rings (SSSR count). The molecule has 0 radical (unpaired) electrons. The number of halogens is 1. The van der Waals surface area contributed by atoms with Gasteiger partial charge in [0.15, 0.2) is 0 Å². The number of aliphatic hydroxyl groups excluding tert-OH is 1. The van der Waals surface area contributed by atoms with E-state index in [1.807, 2.05) is 12.1 Å². The van der Waals surface area contributed by atoms with Gasteiger partial charge in [0.2, 0.25) is 0 Å². The van der Waals surface area contributed by atoms with Crippen LogP contribution in [0.3, 0.4) is 0 Å². The smallest absolute Gasteiger partial charge is 0.123 e. The summed E-state index contributed by atoms with van der Waals surface area (Å²) in [6, 6.07) is 13.6. The number of anilines is 1. The van der Waals surface area contributed by atoms with Crippen LogP contribution in [-0.2, 0) is 11.2 Å². The molecule has 2 aromatic rings. The zero-order valence-electron chi connectivity index (χ0n) is 18.0. The molecule has 0 bridgehead atoms. The third-order valence-electron chi connectivity index (χ3n) is 6.67. The Labute approximate surface area is 179 Å². The van der Waals surface area contributed by atoms with Crippen molar-refractivity contribution < 1.29 is 14.2 Å². The first-order valence-corrected chi connectivity index (χ1v) is 11.3. The Morgan fingerprint density at radius 1 is 1.13 bits per heavy atom. The van der Waals surface area contributed by atoms with Crippen LogP contribution in [0.4, 0.5) is 10.1 Å². The van der Waals surface area contributed by atoms with Crippen LogP contribution in [0, 0.1) is 11.7 Å². The van der Waals surface area contributed by atoms with E-state index in [2.05, 4.69) is 42.3 Å². The van der Waals surface area contributed by atoms with Crippen LogP contribution >= 0.6 is 0 Å². The molecule has 2 N–H and O–H groups in total. The topological polar surface area (TPSA) is 44.7 Å². The number of ether oxygens (including phenoxy) is 1. The number of fused-ring (bicyclic) bond motifs is 3. The number of rotatable bonds is 7. The highest BCUT2D eigenvalue weighted by Gasteiger charge is 2.42. The van der Waals surface area contributed by atoms with Crippen molar-refractivity contribution in [3.8, 4) is 0 Å². The summed E-state index contributed by atoms with van der Waals surface area (Å²) in [7, 11) is 0. The monoisotopic (exact) mass is 412 g/mol. The molecule has 4 nitrogen and oxygen atoms in total. The predicted octanol–water partition coefficient (Wildman–Crippen LogP) is 4.71. The molecule has 2 aromatic carbocycles. The lowest BCUT2D eigenvalue weighted by Gasteiger charge is -2.46. The van der Waals surface area contributed by atoms with Crippen LogP contribution < -0.4 is 5.32 Å². The Kier molecular flexibility index (Phi) is 6.71. The molecule has 3 unspecified atom stereocenters. The van der Waals surface area contributed by atoms with Crippen molar-refractivity contribution in [3.05, 3.63) is 65.0 Å². The van der Waals surface area contributed by atoms with E-state index in [0.29, 0.717) is 12.5 Å². The molecule has 30 heavy (non-hydrogen) atoms. The number of hydrogen-bond acceptors (Lipinski definition) is 4. The molecule has 0 amide bonds. The maximum absolute atomic E-state index is 13.5. The van der Waals surface area contributed by atoms with Gasteiger partial charge in [-0.1, -0.05) is 38.1 Å². The number of nitrogens with zero attached hydrogens (tertiary/aromatic N) is 1. The number of hydrogen-bond donors (Lipinski definition) is 2. The van der Waals surface area contributed by atoms with Crippen LogP contribution in [-0.4, -0.2) is 42.4 Å². The van der Waals surface area contributed by atoms with E-state index in [-0.39, 0.29) is 30.7 Å². The van der Waals surface area contributed by atoms with Crippen molar-refractivity contribution >= 4 is 5.69 Å². The SMILES string of the molecule is CCc1ccc2c(c1)C1OC(CN(CC)CCO)CCC1[C@H](c1ccc(F)cc1)N2. The van der Waals surface area contributed by atoms with Crippen molar-refractivity contribution in [2.75, 3.05) is 31.6 Å². The quantitative estimate of drug-likeness (QED) is 0.692. The van der Waals surface area contributed by atoms with Crippen LogP contribution in [0.5, 0.6) is 0 Å². The predicted molar refractivity (Wildman–Crippen MR) is 118 cm³/mol. The normalized spacial score (nSPS) is 25.5. The van der Waals surface area contributed by atoms with Gasteiger partial charge in [-0.3, -0.25) is 4.90 Å². The molecule has 1 saturated heterocycles. The van der Waals surface area contributed by atoms with Crippen molar-refractivity contribution in [3.63, 3.8) is 0 Å². The van der Waals surface area contributed by atoms with Gasteiger partial charge < -0.3 is 15.2 Å². The number of benzene rings is 2. The molecule has 1 fully saturated rings. The summed E-state index contributed by atoms with van der Waals surface area (Å²) in [6.07, 6.45) is 3.22. The minimum Gasteiger partial charge on any atom is -0.395 e. The summed E-state index contributed by atoms with van der Waals surface area (Å²) in [4.78, 5) is 2.26. The van der Waals surface area contributed by atoms with Crippen molar-refractivity contribution in [2.45, 2.75) is 51.4 Å². The summed E-state index contributed by atoms with van der Waals surface area (Å²) in [5, 5.41) is 13.1. The lowest BCUT2D eigenvalue weighted by atomic mass is 9.76. The summed E-state index contributed by atoms with van der Waals surface area (Å²) < 4.78 is 20.2. The lowest BCUT2D eigenvalue weighted by Crippen LogP contribution is -2.43. The second-order valence-corrected chi connectivity index (χ2v) is 8.49. The molecular weight excluding hydrogens is 379 g/mol. The van der Waals surface area contributed by atoms with Gasteiger partial charge in [-0.05, 0) is 55.1 Å². The van der Waals surface area contributed by atoms with Gasteiger partial charge >= 0.3 is 0 Å². The third-order valence-corrected chi connectivity index (χ3v) is 6.67. The van der Waals surface area contributed by atoms with E-state index in [0.717, 1.165) is 43.6 Å². The zero-order chi connectivity index (χ0) is 21.1. The third kappa shape index (κ3) is 4.39. The van der Waals surface area contributed by atoms with Gasteiger partial charge in [-0.15, -0.1) is 0 Å². The molecule has 2 aliphatic rings. The molecule has 0 spiro atoms. The van der Waals surface area contributed by atoms with E-state index < -0.39 is 0 Å². The standard InChI is InChI=1S/C25H33FN2O2/c1-3-17-5-12-23-22(15-17)25-21(24(27-23)18-6-8-19(26)9-7-18)11-10-20(30-25)16-28(4-2)13-14-29/h5-9,12,15,20-21,24-25,27,29H,3-4,10-11,13-14,16H2,1-2H3/t20?,21?,24-,25?/m0/s1. The average Bonchev–Trinajstić information content (AvgIpc) is 2.78. The molecular formula is C25H33FN2O2. The van der Waals surface area contributed by atoms with Gasteiger partial charge in [0, 0.05) is 30.3 Å². The summed E-state index contributed by atoms with van der Waals surface area (Å²) in [5.74, 6) is 0.0989. The molecule has 2 heterocycles. The average molecular weight is 413 g/mol. The highest BCUT2D eigenvalue weighted by molar-refractivity contribution is 5.58. The Hall–Kier alpha value is -1.95. The molecule has 0 aromatic heterocycles. The van der Waals surface area contributed by atoms with E-state index in [1.165, 1.54) is 11.1 Å². The Balaban J connectivity index is 1.63. The first kappa shape index (κ1) is 21.3. The van der Waals surface area contributed by atoms with Gasteiger partial charge in [-0.2, -0.15) is 0 Å². The number of nitrogens with one attached hydrogen (secondary N) is 1. The number of aryl methyl sites for hydroxylation is 1. The minimum atomic E-state index is -0.206. The van der Waals surface area contributed by atoms with E-state index >= 15 is 0 Å². The van der Waals surface area contributed by atoms with Crippen LogP contribution in [0.15, 0.2) is 42.5 Å². The Bertz CT molecular complexity index is 842. The van der Waals surface area contributed by atoms with Gasteiger partial charge in [0.1, 0.15) is 5.82 Å². The van der Waals surface area contributed by atoms with E-state index in [1.54, 1.807) is 12.1 Å². The highest BCUT2D eigenvalue weighted by atomic mass is 19.1.